The molecule has 0 saturated carbocycles. The SMILES string of the molecule is O=C(Nc1cccc(Br)c1)C(=O)c1c(-c2ccc(Cl)cc2)cc2ccccn12. The Morgan fingerprint density at radius 1 is 0.929 bits per heavy atom. The van der Waals surface area contributed by atoms with E-state index in [0.29, 0.717) is 22.0 Å². The number of ketones is 1. The van der Waals surface area contributed by atoms with Crippen molar-refractivity contribution in [1.82, 2.24) is 4.40 Å². The van der Waals surface area contributed by atoms with E-state index in [9.17, 15) is 9.59 Å². The largest absolute Gasteiger partial charge is 0.319 e. The highest BCUT2D eigenvalue weighted by atomic mass is 79.9. The van der Waals surface area contributed by atoms with Crippen LogP contribution in [0.15, 0.2) is 83.5 Å². The third-order valence-corrected chi connectivity index (χ3v) is 5.08. The molecule has 2 aromatic heterocycles. The van der Waals surface area contributed by atoms with Crippen molar-refractivity contribution in [3.63, 3.8) is 0 Å². The number of fused-ring (bicyclic) bond motifs is 1. The fourth-order valence-corrected chi connectivity index (χ4v) is 3.59. The molecule has 0 radical (unpaired) electrons. The summed E-state index contributed by atoms with van der Waals surface area (Å²) in [6.45, 7) is 0. The lowest BCUT2D eigenvalue weighted by Crippen LogP contribution is -2.24. The number of aromatic nitrogens is 1. The number of nitrogens with zero attached hydrogens (tertiary/aromatic N) is 1. The minimum absolute atomic E-state index is 0.311. The monoisotopic (exact) mass is 452 g/mol. The van der Waals surface area contributed by atoms with Crippen LogP contribution in [0, 0.1) is 0 Å². The van der Waals surface area contributed by atoms with Crippen LogP contribution in [-0.4, -0.2) is 16.1 Å². The summed E-state index contributed by atoms with van der Waals surface area (Å²) in [6.07, 6.45) is 1.77. The number of hydrogen-bond donors (Lipinski definition) is 1. The molecule has 0 atom stereocenters. The summed E-state index contributed by atoms with van der Waals surface area (Å²) in [6, 6.07) is 21.8. The quantitative estimate of drug-likeness (QED) is 0.311. The Labute approximate surface area is 174 Å². The van der Waals surface area contributed by atoms with Crippen LogP contribution < -0.4 is 5.32 Å². The maximum atomic E-state index is 13.1. The van der Waals surface area contributed by atoms with Gasteiger partial charge in [-0.05, 0) is 54.1 Å². The maximum absolute atomic E-state index is 13.1. The first-order valence-electron chi connectivity index (χ1n) is 8.50. The van der Waals surface area contributed by atoms with Gasteiger partial charge in [-0.25, -0.2) is 0 Å². The van der Waals surface area contributed by atoms with Crippen molar-refractivity contribution in [1.29, 1.82) is 0 Å². The Bertz CT molecular complexity index is 1200. The molecule has 1 N–H and O–H groups in total. The molecule has 0 fully saturated rings. The number of pyridine rings is 1. The summed E-state index contributed by atoms with van der Waals surface area (Å²) in [5.74, 6) is -1.31. The second-order valence-electron chi connectivity index (χ2n) is 6.20. The van der Waals surface area contributed by atoms with E-state index < -0.39 is 11.7 Å². The van der Waals surface area contributed by atoms with Gasteiger partial charge in [-0.1, -0.05) is 51.8 Å². The zero-order chi connectivity index (χ0) is 19.7. The van der Waals surface area contributed by atoms with Crippen LogP contribution in [-0.2, 0) is 4.79 Å². The number of hydrogen-bond acceptors (Lipinski definition) is 2. The van der Waals surface area contributed by atoms with E-state index in [1.54, 1.807) is 40.9 Å². The summed E-state index contributed by atoms with van der Waals surface area (Å²) in [5, 5.41) is 3.27. The molecule has 0 saturated heterocycles. The van der Waals surface area contributed by atoms with Crippen molar-refractivity contribution in [2.45, 2.75) is 0 Å². The smallest absolute Gasteiger partial charge is 0.298 e. The third kappa shape index (κ3) is 3.59. The van der Waals surface area contributed by atoms with Gasteiger partial charge in [0.15, 0.2) is 0 Å². The highest BCUT2D eigenvalue weighted by molar-refractivity contribution is 9.10. The van der Waals surface area contributed by atoms with Crippen LogP contribution >= 0.6 is 27.5 Å². The first-order valence-corrected chi connectivity index (χ1v) is 9.67. The van der Waals surface area contributed by atoms with Gasteiger partial charge in [0.1, 0.15) is 5.69 Å². The summed E-state index contributed by atoms with van der Waals surface area (Å²) >= 11 is 9.35. The average Bonchev–Trinajstić information content (AvgIpc) is 3.07. The molecular weight excluding hydrogens is 440 g/mol. The van der Waals surface area contributed by atoms with Gasteiger partial charge in [-0.3, -0.25) is 9.59 Å². The molecule has 0 aliphatic rings. The van der Waals surface area contributed by atoms with Crippen molar-refractivity contribution >= 4 is 50.4 Å². The zero-order valence-corrected chi connectivity index (χ0v) is 16.9. The Hall–Kier alpha value is -2.89. The molecule has 138 valence electrons. The Balaban J connectivity index is 1.78. The third-order valence-electron chi connectivity index (χ3n) is 4.34. The van der Waals surface area contributed by atoms with E-state index in [1.165, 1.54) is 0 Å². The summed E-state index contributed by atoms with van der Waals surface area (Å²) in [4.78, 5) is 25.8. The van der Waals surface area contributed by atoms with E-state index >= 15 is 0 Å². The molecule has 0 aliphatic carbocycles. The molecule has 6 heteroatoms. The van der Waals surface area contributed by atoms with Crippen LogP contribution in [0.2, 0.25) is 5.02 Å². The van der Waals surface area contributed by atoms with E-state index in [2.05, 4.69) is 21.2 Å². The zero-order valence-electron chi connectivity index (χ0n) is 14.5. The number of Topliss-reactive ketones (excluding diaryl/α,β-unsaturated/α-hetero) is 1. The number of nitrogens with one attached hydrogen (secondary N) is 1. The molecular formula is C22H14BrClN2O2. The predicted octanol–water partition coefficient (Wildman–Crippen LogP) is 5.84. The molecule has 4 aromatic rings. The highest BCUT2D eigenvalue weighted by Crippen LogP contribution is 2.29. The number of rotatable bonds is 4. The van der Waals surface area contributed by atoms with E-state index in [1.807, 2.05) is 42.5 Å². The lowest BCUT2D eigenvalue weighted by atomic mass is 10.0. The number of halogens is 2. The topological polar surface area (TPSA) is 50.6 Å². The lowest BCUT2D eigenvalue weighted by Gasteiger charge is -2.08. The van der Waals surface area contributed by atoms with Gasteiger partial charge >= 0.3 is 0 Å². The second kappa shape index (κ2) is 7.62. The molecule has 2 aromatic carbocycles. The Morgan fingerprint density at radius 2 is 1.71 bits per heavy atom. The first kappa shape index (κ1) is 18.5. The number of benzene rings is 2. The van der Waals surface area contributed by atoms with Crippen LogP contribution in [0.4, 0.5) is 5.69 Å². The number of carbonyl (C=O) groups is 2. The molecule has 28 heavy (non-hydrogen) atoms. The van der Waals surface area contributed by atoms with Crippen LogP contribution in [0.25, 0.3) is 16.6 Å². The van der Waals surface area contributed by atoms with Gasteiger partial charge in [0, 0.05) is 32.5 Å². The molecule has 4 nitrogen and oxygen atoms in total. The Kier molecular flexibility index (Phi) is 5.03. The lowest BCUT2D eigenvalue weighted by molar-refractivity contribution is -0.112. The van der Waals surface area contributed by atoms with Gasteiger partial charge in [0.2, 0.25) is 0 Å². The number of amides is 1. The van der Waals surface area contributed by atoms with Crippen LogP contribution in [0.3, 0.4) is 0 Å². The standard InChI is InChI=1S/C22H14BrClN2O2/c23-15-4-3-5-17(12-15)25-22(28)21(27)20-19(14-7-9-16(24)10-8-14)13-18-6-1-2-11-26(18)20/h1-13H,(H,25,28). The first-order chi connectivity index (χ1) is 13.5. The predicted molar refractivity (Wildman–Crippen MR) is 115 cm³/mol. The van der Waals surface area contributed by atoms with Gasteiger partial charge in [-0.2, -0.15) is 0 Å². The van der Waals surface area contributed by atoms with E-state index in [-0.39, 0.29) is 0 Å². The van der Waals surface area contributed by atoms with Gasteiger partial charge in [-0.15, -0.1) is 0 Å². The van der Waals surface area contributed by atoms with Crippen LogP contribution in [0.5, 0.6) is 0 Å². The van der Waals surface area contributed by atoms with Crippen molar-refractivity contribution < 1.29 is 9.59 Å². The summed E-state index contributed by atoms with van der Waals surface area (Å²) < 4.78 is 2.54. The van der Waals surface area contributed by atoms with Gasteiger partial charge in [0.25, 0.3) is 11.7 Å². The average molecular weight is 454 g/mol. The number of carbonyl (C=O) groups excluding carboxylic acids is 2. The molecule has 0 aliphatic heterocycles. The summed E-state index contributed by atoms with van der Waals surface area (Å²) in [7, 11) is 0. The van der Waals surface area contributed by atoms with E-state index in [0.717, 1.165) is 15.6 Å². The molecule has 0 bridgehead atoms. The second-order valence-corrected chi connectivity index (χ2v) is 7.55. The van der Waals surface area contributed by atoms with Gasteiger partial charge in [0.05, 0.1) is 0 Å². The molecule has 2 heterocycles. The maximum Gasteiger partial charge on any atom is 0.298 e. The van der Waals surface area contributed by atoms with Crippen LogP contribution in [0.1, 0.15) is 10.5 Å². The van der Waals surface area contributed by atoms with Gasteiger partial charge < -0.3 is 9.72 Å². The van der Waals surface area contributed by atoms with Crippen molar-refractivity contribution in [2.75, 3.05) is 5.32 Å². The normalized spacial score (nSPS) is 10.8. The fraction of sp³-hybridized carbons (Fsp3) is 0. The molecule has 0 unspecified atom stereocenters. The van der Waals surface area contributed by atoms with Crippen molar-refractivity contribution in [3.8, 4) is 11.1 Å². The fourth-order valence-electron chi connectivity index (χ4n) is 3.07. The minimum atomic E-state index is -0.697. The molecule has 0 spiro atoms. The Morgan fingerprint density at radius 3 is 2.46 bits per heavy atom. The summed E-state index contributed by atoms with van der Waals surface area (Å²) in [5.41, 5.74) is 3.17. The molecule has 4 rings (SSSR count). The van der Waals surface area contributed by atoms with Crippen molar-refractivity contribution in [3.05, 3.63) is 94.2 Å². The van der Waals surface area contributed by atoms with Crippen molar-refractivity contribution in [2.24, 2.45) is 0 Å². The molecule has 1 amide bonds. The number of anilines is 1. The minimum Gasteiger partial charge on any atom is -0.319 e. The highest BCUT2D eigenvalue weighted by Gasteiger charge is 2.24. The van der Waals surface area contributed by atoms with E-state index in [4.69, 9.17) is 11.6 Å².